The Morgan fingerprint density at radius 1 is 0.667 bits per heavy atom. The van der Waals surface area contributed by atoms with Crippen molar-refractivity contribution in [2.24, 2.45) is 0 Å². The van der Waals surface area contributed by atoms with Crippen LogP contribution in [0.15, 0.2) is 79.4 Å². The van der Waals surface area contributed by atoms with Crippen LogP contribution in [-0.4, -0.2) is 0 Å². The van der Waals surface area contributed by atoms with Crippen molar-refractivity contribution >= 4 is 5.57 Å². The molecule has 0 N–H and O–H groups in total. The Balaban J connectivity index is 1.75. The fraction of sp³-hybridized carbons (Fsp3) is 0.0476. The van der Waals surface area contributed by atoms with E-state index in [4.69, 9.17) is 0 Å². The third-order valence-electron chi connectivity index (χ3n) is 4.26. The fourth-order valence-electron chi connectivity index (χ4n) is 3.14. The van der Waals surface area contributed by atoms with Gasteiger partial charge in [-0.1, -0.05) is 79.4 Å². The highest BCUT2D eigenvalue weighted by Crippen LogP contribution is 2.38. The van der Waals surface area contributed by atoms with Crippen LogP contribution < -0.4 is 0 Å². The summed E-state index contributed by atoms with van der Waals surface area (Å²) in [6.45, 7) is 4.27. The van der Waals surface area contributed by atoms with Crippen LogP contribution in [-0.2, 0) is 6.42 Å². The lowest BCUT2D eigenvalue weighted by molar-refractivity contribution is 1.26. The van der Waals surface area contributed by atoms with Gasteiger partial charge in [0.1, 0.15) is 0 Å². The largest absolute Gasteiger partial charge is 0.0906 e. The Bertz CT molecular complexity index is 826. The lowest BCUT2D eigenvalue weighted by atomic mass is 9.96. The van der Waals surface area contributed by atoms with E-state index < -0.39 is 0 Å². The average Bonchev–Trinajstić information content (AvgIpc) is 2.92. The second-order valence-electron chi connectivity index (χ2n) is 5.55. The average molecular weight is 268 g/mol. The molecule has 1 aliphatic rings. The number of hydrogen-bond acceptors (Lipinski definition) is 0. The zero-order valence-corrected chi connectivity index (χ0v) is 11.8. The molecule has 0 heteroatoms. The van der Waals surface area contributed by atoms with Crippen LogP contribution in [0, 0.1) is 0 Å². The number of fused-ring (bicyclic) bond motifs is 3. The maximum Gasteiger partial charge on any atom is -0.00132 e. The minimum atomic E-state index is 1.03. The van der Waals surface area contributed by atoms with Gasteiger partial charge in [-0.3, -0.25) is 0 Å². The topological polar surface area (TPSA) is 0 Å². The predicted octanol–water partition coefficient (Wildman–Crippen LogP) is 5.32. The van der Waals surface area contributed by atoms with E-state index in [9.17, 15) is 0 Å². The summed E-state index contributed by atoms with van der Waals surface area (Å²) >= 11 is 0. The second-order valence-corrected chi connectivity index (χ2v) is 5.55. The SMILES string of the molecule is C=C(c1ccccc1)c1ccc2c(c1)Cc1ccccc1-2. The maximum atomic E-state index is 4.27. The summed E-state index contributed by atoms with van der Waals surface area (Å²) in [6.07, 6.45) is 1.03. The molecular weight excluding hydrogens is 252 g/mol. The number of benzene rings is 3. The van der Waals surface area contributed by atoms with Gasteiger partial charge in [-0.15, -0.1) is 0 Å². The monoisotopic (exact) mass is 268 g/mol. The lowest BCUT2D eigenvalue weighted by Crippen LogP contribution is -1.88. The first kappa shape index (κ1) is 12.2. The van der Waals surface area contributed by atoms with Crippen LogP contribution >= 0.6 is 0 Å². The first-order chi connectivity index (χ1) is 10.3. The molecule has 3 aromatic rings. The summed E-state index contributed by atoms with van der Waals surface area (Å²) in [6, 6.07) is 25.8. The molecular formula is C21H16. The molecule has 0 saturated carbocycles. The third-order valence-corrected chi connectivity index (χ3v) is 4.26. The molecule has 0 radical (unpaired) electrons. The van der Waals surface area contributed by atoms with Crippen molar-refractivity contribution in [2.45, 2.75) is 6.42 Å². The van der Waals surface area contributed by atoms with E-state index in [-0.39, 0.29) is 0 Å². The van der Waals surface area contributed by atoms with Gasteiger partial charge >= 0.3 is 0 Å². The van der Waals surface area contributed by atoms with E-state index in [2.05, 4.69) is 73.3 Å². The Morgan fingerprint density at radius 3 is 2.24 bits per heavy atom. The van der Waals surface area contributed by atoms with Crippen LogP contribution in [0.4, 0.5) is 0 Å². The van der Waals surface area contributed by atoms with Gasteiger partial charge in [0, 0.05) is 0 Å². The van der Waals surface area contributed by atoms with Gasteiger partial charge in [0.15, 0.2) is 0 Å². The fourth-order valence-corrected chi connectivity index (χ4v) is 3.14. The summed E-state index contributed by atoms with van der Waals surface area (Å²) in [5, 5.41) is 0. The molecule has 21 heavy (non-hydrogen) atoms. The van der Waals surface area contributed by atoms with Crippen molar-refractivity contribution in [3.8, 4) is 11.1 Å². The normalized spacial score (nSPS) is 11.8. The summed E-state index contributed by atoms with van der Waals surface area (Å²) in [5.74, 6) is 0. The highest BCUT2D eigenvalue weighted by atomic mass is 14.2. The van der Waals surface area contributed by atoms with Gasteiger partial charge in [-0.05, 0) is 45.4 Å². The van der Waals surface area contributed by atoms with Crippen LogP contribution in [0.25, 0.3) is 16.7 Å². The zero-order valence-electron chi connectivity index (χ0n) is 11.8. The molecule has 0 spiro atoms. The Labute approximate surface area is 125 Å². The first-order valence-corrected chi connectivity index (χ1v) is 7.29. The molecule has 100 valence electrons. The first-order valence-electron chi connectivity index (χ1n) is 7.29. The molecule has 0 saturated heterocycles. The molecule has 0 amide bonds. The van der Waals surface area contributed by atoms with Gasteiger partial charge in [0.25, 0.3) is 0 Å². The quantitative estimate of drug-likeness (QED) is 0.461. The van der Waals surface area contributed by atoms with E-state index in [1.54, 1.807) is 0 Å². The molecule has 3 aromatic carbocycles. The number of hydrogen-bond donors (Lipinski definition) is 0. The van der Waals surface area contributed by atoms with E-state index in [0.29, 0.717) is 0 Å². The van der Waals surface area contributed by atoms with Gasteiger partial charge in [0.2, 0.25) is 0 Å². The van der Waals surface area contributed by atoms with Crippen molar-refractivity contribution in [1.82, 2.24) is 0 Å². The summed E-state index contributed by atoms with van der Waals surface area (Å²) in [4.78, 5) is 0. The number of rotatable bonds is 2. The van der Waals surface area contributed by atoms with Crippen molar-refractivity contribution < 1.29 is 0 Å². The van der Waals surface area contributed by atoms with Crippen LogP contribution in [0.1, 0.15) is 22.3 Å². The maximum absolute atomic E-state index is 4.27. The van der Waals surface area contributed by atoms with Crippen LogP contribution in [0.5, 0.6) is 0 Å². The Hall–Kier alpha value is -2.60. The van der Waals surface area contributed by atoms with Gasteiger partial charge in [0.05, 0.1) is 0 Å². The van der Waals surface area contributed by atoms with Crippen LogP contribution in [0.2, 0.25) is 0 Å². The van der Waals surface area contributed by atoms with Crippen molar-refractivity contribution in [2.75, 3.05) is 0 Å². The molecule has 0 atom stereocenters. The van der Waals surface area contributed by atoms with Gasteiger partial charge in [-0.2, -0.15) is 0 Å². The van der Waals surface area contributed by atoms with E-state index >= 15 is 0 Å². The smallest absolute Gasteiger partial charge is 0.00132 e. The molecule has 0 heterocycles. The van der Waals surface area contributed by atoms with Crippen LogP contribution in [0.3, 0.4) is 0 Å². The third kappa shape index (κ3) is 2.00. The minimum Gasteiger partial charge on any atom is -0.0906 e. The van der Waals surface area contributed by atoms with Crippen molar-refractivity contribution in [1.29, 1.82) is 0 Å². The molecule has 0 bridgehead atoms. The molecule has 0 aliphatic heterocycles. The minimum absolute atomic E-state index is 1.03. The predicted molar refractivity (Wildman–Crippen MR) is 89.3 cm³/mol. The summed E-state index contributed by atoms with van der Waals surface area (Å²) in [7, 11) is 0. The van der Waals surface area contributed by atoms with E-state index in [1.807, 2.05) is 6.07 Å². The Morgan fingerprint density at radius 2 is 1.38 bits per heavy atom. The summed E-state index contributed by atoms with van der Waals surface area (Å²) < 4.78 is 0. The molecule has 0 fully saturated rings. The van der Waals surface area contributed by atoms with Crippen molar-refractivity contribution in [3.05, 3.63) is 102 Å². The van der Waals surface area contributed by atoms with Gasteiger partial charge in [-0.25, -0.2) is 0 Å². The summed E-state index contributed by atoms with van der Waals surface area (Å²) in [5.41, 5.74) is 9.08. The molecule has 4 rings (SSSR count). The van der Waals surface area contributed by atoms with Gasteiger partial charge < -0.3 is 0 Å². The molecule has 0 aromatic heterocycles. The highest BCUT2D eigenvalue weighted by Gasteiger charge is 2.18. The standard InChI is InChI=1S/C21H16/c1-15(16-7-3-2-4-8-16)17-11-12-21-19(13-17)14-18-9-5-6-10-20(18)21/h2-13H,1,14H2. The van der Waals surface area contributed by atoms with E-state index in [0.717, 1.165) is 12.0 Å². The molecule has 0 unspecified atom stereocenters. The second kappa shape index (κ2) is 4.75. The highest BCUT2D eigenvalue weighted by molar-refractivity contribution is 5.83. The van der Waals surface area contributed by atoms with Crippen molar-refractivity contribution in [3.63, 3.8) is 0 Å². The molecule has 0 nitrogen and oxygen atoms in total. The molecule has 1 aliphatic carbocycles. The zero-order chi connectivity index (χ0) is 14.2. The lowest BCUT2D eigenvalue weighted by Gasteiger charge is -2.09. The Kier molecular flexibility index (Phi) is 2.75. The van der Waals surface area contributed by atoms with E-state index in [1.165, 1.54) is 33.4 Å².